The third kappa shape index (κ3) is 1.78. The Morgan fingerprint density at radius 1 is 0.929 bits per heavy atom. The quantitative estimate of drug-likeness (QED) is 0.535. The van der Waals surface area contributed by atoms with Crippen LogP contribution in [-0.4, -0.2) is 85.0 Å². The fourth-order valence-corrected chi connectivity index (χ4v) is 11.1. The average Bonchev–Trinajstić information content (AvgIpc) is 2.51. The maximum absolute atomic E-state index is 2.79. The van der Waals surface area contributed by atoms with E-state index in [1.54, 1.807) is 0 Å². The second-order valence-corrected chi connectivity index (χ2v) is 11.2. The number of hydrogen-bond donors (Lipinski definition) is 0. The predicted molar refractivity (Wildman–Crippen MR) is 59.7 cm³/mol. The van der Waals surface area contributed by atoms with Crippen molar-refractivity contribution in [1.29, 1.82) is 0 Å². The van der Waals surface area contributed by atoms with Crippen LogP contribution in [0.3, 0.4) is 0 Å². The van der Waals surface area contributed by atoms with Gasteiger partial charge in [-0.3, -0.25) is 0 Å². The molecule has 3 saturated heterocycles. The minimum atomic E-state index is -0.966. The number of fused-ring (bicyclic) bond motifs is 3. The SMILES string of the molecule is CC1CN2CCN3CCN1[CH2][Ga]([CH2]3)[CH2]2. The first-order valence-electron chi connectivity index (χ1n) is 6.00. The molecule has 78 valence electrons. The van der Waals surface area contributed by atoms with Crippen molar-refractivity contribution in [2.75, 3.05) is 48.0 Å². The predicted octanol–water partition coefficient (Wildman–Crippen LogP) is -0.566. The zero-order valence-electron chi connectivity index (χ0n) is 9.15. The molecule has 0 aromatic heterocycles. The summed E-state index contributed by atoms with van der Waals surface area (Å²) in [4.78, 5) is 8.30. The average molecular weight is 252 g/mol. The molecule has 4 unspecified atom stereocenters. The molecule has 4 atom stereocenters. The molecule has 0 saturated carbocycles. The topological polar surface area (TPSA) is 9.72 Å². The van der Waals surface area contributed by atoms with Gasteiger partial charge in [0.15, 0.2) is 0 Å². The molecule has 0 amide bonds. The van der Waals surface area contributed by atoms with Gasteiger partial charge in [-0.15, -0.1) is 0 Å². The summed E-state index contributed by atoms with van der Waals surface area (Å²) in [6, 6.07) is 0.823. The van der Waals surface area contributed by atoms with Crippen LogP contribution in [0, 0.1) is 0 Å². The van der Waals surface area contributed by atoms with E-state index < -0.39 is 16.2 Å². The van der Waals surface area contributed by atoms with Gasteiger partial charge in [-0.05, 0) is 0 Å². The molecule has 3 nitrogen and oxygen atoms in total. The minimum absolute atomic E-state index is 0.823. The first-order chi connectivity index (χ1) is 6.81. The summed E-state index contributed by atoms with van der Waals surface area (Å²) in [6.45, 7) is 9.16. The van der Waals surface area contributed by atoms with Crippen LogP contribution >= 0.6 is 0 Å². The Bertz CT molecular complexity index is 221. The fourth-order valence-electron chi connectivity index (χ4n) is 3.32. The molecule has 4 bridgehead atoms. The molecule has 14 heavy (non-hydrogen) atoms. The Morgan fingerprint density at radius 3 is 2.57 bits per heavy atom. The van der Waals surface area contributed by atoms with Crippen LogP contribution in [-0.2, 0) is 0 Å². The standard InChI is InChI=1S/C10H20N3.Ga/c1-10-9-12(3)6-5-11(2)7-8-13(10)4;/h10H,2-9H2,1H3;. The summed E-state index contributed by atoms with van der Waals surface area (Å²) in [5, 5.41) is 4.60. The monoisotopic (exact) mass is 251 g/mol. The van der Waals surface area contributed by atoms with Gasteiger partial charge in [0.25, 0.3) is 0 Å². The number of nitrogens with zero attached hydrogens (tertiary/aromatic N) is 3. The van der Waals surface area contributed by atoms with Crippen LogP contribution in [0.2, 0.25) is 0 Å². The third-order valence-electron chi connectivity index (χ3n) is 4.11. The second kappa shape index (κ2) is 3.83. The van der Waals surface area contributed by atoms with E-state index in [4.69, 9.17) is 0 Å². The van der Waals surface area contributed by atoms with Crippen molar-refractivity contribution in [3.8, 4) is 0 Å². The summed E-state index contributed by atoms with van der Waals surface area (Å²) in [5.74, 6) is 0. The van der Waals surface area contributed by atoms with Crippen LogP contribution in [0.5, 0.6) is 0 Å². The van der Waals surface area contributed by atoms with Crippen LogP contribution in [0.25, 0.3) is 0 Å². The summed E-state index contributed by atoms with van der Waals surface area (Å²) in [5.41, 5.74) is 0. The first kappa shape index (κ1) is 9.72. The molecule has 0 N–H and O–H groups in total. The van der Waals surface area contributed by atoms with Crippen molar-refractivity contribution in [1.82, 2.24) is 14.7 Å². The molecular weight excluding hydrogens is 232 g/mol. The molecule has 0 aromatic rings. The van der Waals surface area contributed by atoms with Crippen molar-refractivity contribution in [2.45, 2.75) is 13.0 Å². The molecule has 3 heterocycles. The fraction of sp³-hybridized carbons (Fsp3) is 1.00. The Labute approximate surface area is 92.1 Å². The van der Waals surface area contributed by atoms with E-state index in [0.717, 1.165) is 6.04 Å². The van der Waals surface area contributed by atoms with Crippen LogP contribution < -0.4 is 0 Å². The molecule has 4 heteroatoms. The van der Waals surface area contributed by atoms with E-state index in [1.807, 2.05) is 0 Å². The Morgan fingerprint density at radius 2 is 1.64 bits per heavy atom. The van der Waals surface area contributed by atoms with Gasteiger partial charge in [0.05, 0.1) is 0 Å². The van der Waals surface area contributed by atoms with Gasteiger partial charge in [-0.1, -0.05) is 0 Å². The maximum atomic E-state index is 2.79. The van der Waals surface area contributed by atoms with E-state index in [9.17, 15) is 0 Å². The van der Waals surface area contributed by atoms with Crippen LogP contribution in [0.1, 0.15) is 6.92 Å². The van der Waals surface area contributed by atoms with Crippen molar-refractivity contribution < 1.29 is 0 Å². The van der Waals surface area contributed by atoms with E-state index in [0.29, 0.717) is 0 Å². The second-order valence-electron chi connectivity index (χ2n) is 5.27. The third-order valence-corrected chi connectivity index (χ3v) is 10.5. The van der Waals surface area contributed by atoms with Crippen LogP contribution in [0.15, 0.2) is 0 Å². The molecule has 0 aromatic carbocycles. The van der Waals surface area contributed by atoms with Crippen molar-refractivity contribution in [3.63, 3.8) is 0 Å². The molecule has 3 aliphatic rings. The molecule has 3 aliphatic heterocycles. The van der Waals surface area contributed by atoms with Gasteiger partial charge >= 0.3 is 91.9 Å². The summed E-state index contributed by atoms with van der Waals surface area (Å²) in [7, 11) is 0. The van der Waals surface area contributed by atoms with E-state index in [-0.39, 0.29) is 0 Å². The molecule has 0 spiro atoms. The zero-order valence-corrected chi connectivity index (χ0v) is 11.6. The first-order valence-corrected chi connectivity index (χ1v) is 11.1. The van der Waals surface area contributed by atoms with Gasteiger partial charge in [-0.2, -0.15) is 0 Å². The Balaban J connectivity index is 1.89. The molecule has 3 fully saturated rings. The normalized spacial score (nSPS) is 47.4. The summed E-state index contributed by atoms with van der Waals surface area (Å²) < 4.78 is 0. The molecular formula is C10H20GaN3. The van der Waals surface area contributed by atoms with Gasteiger partial charge in [0, 0.05) is 0 Å². The number of rotatable bonds is 0. The van der Waals surface area contributed by atoms with Gasteiger partial charge in [0.1, 0.15) is 0 Å². The summed E-state index contributed by atoms with van der Waals surface area (Å²) >= 11 is -0.966. The van der Waals surface area contributed by atoms with E-state index in [1.165, 1.54) is 48.0 Å². The summed E-state index contributed by atoms with van der Waals surface area (Å²) in [6.07, 6.45) is 0. The van der Waals surface area contributed by atoms with Crippen LogP contribution in [0.4, 0.5) is 0 Å². The number of hydrogen-bond acceptors (Lipinski definition) is 3. The Hall–Kier alpha value is 0.516. The Kier molecular flexibility index (Phi) is 2.66. The molecule has 3 rings (SSSR count). The van der Waals surface area contributed by atoms with Gasteiger partial charge < -0.3 is 0 Å². The van der Waals surface area contributed by atoms with Gasteiger partial charge in [0.2, 0.25) is 0 Å². The van der Waals surface area contributed by atoms with E-state index >= 15 is 0 Å². The van der Waals surface area contributed by atoms with Crippen molar-refractivity contribution in [2.24, 2.45) is 0 Å². The molecule has 0 radical (unpaired) electrons. The zero-order chi connectivity index (χ0) is 9.54. The van der Waals surface area contributed by atoms with Gasteiger partial charge in [-0.25, -0.2) is 0 Å². The van der Waals surface area contributed by atoms with E-state index in [2.05, 4.69) is 21.6 Å². The van der Waals surface area contributed by atoms with Crippen molar-refractivity contribution >= 4 is 16.2 Å². The van der Waals surface area contributed by atoms with Crippen molar-refractivity contribution in [3.05, 3.63) is 0 Å². The molecule has 0 aliphatic carbocycles.